The highest BCUT2D eigenvalue weighted by Crippen LogP contribution is 2.41. The van der Waals surface area contributed by atoms with Gasteiger partial charge in [0.2, 0.25) is 0 Å². The third-order valence-corrected chi connectivity index (χ3v) is 14.4. The lowest BCUT2D eigenvalue weighted by atomic mass is 9.83. The van der Waals surface area contributed by atoms with Crippen LogP contribution in [0.4, 0.5) is 5.69 Å². The van der Waals surface area contributed by atoms with Gasteiger partial charge in [-0.05, 0) is 58.3 Å². The molecule has 0 amide bonds. The summed E-state index contributed by atoms with van der Waals surface area (Å²) >= 11 is 0. The second-order valence-electron chi connectivity index (χ2n) is 11.8. The van der Waals surface area contributed by atoms with Crippen molar-refractivity contribution in [3.05, 3.63) is 29.3 Å². The van der Waals surface area contributed by atoms with E-state index in [1.807, 2.05) is 0 Å². The largest absolute Gasteiger partial charge is 0.371 e. The summed E-state index contributed by atoms with van der Waals surface area (Å²) in [7, 11) is -1.74. The van der Waals surface area contributed by atoms with E-state index in [0.29, 0.717) is 34.4 Å². The predicted molar refractivity (Wildman–Crippen MR) is 147 cm³/mol. The molecule has 0 spiro atoms. The van der Waals surface area contributed by atoms with E-state index in [2.05, 4.69) is 104 Å². The van der Waals surface area contributed by atoms with Crippen LogP contribution < -0.4 is 5.32 Å². The molecular weight excluding hydrogens is 402 g/mol. The van der Waals surface area contributed by atoms with E-state index in [1.54, 1.807) is 0 Å². The first-order chi connectivity index (χ1) is 15.0. The van der Waals surface area contributed by atoms with Crippen LogP contribution in [-0.4, -0.2) is 14.1 Å². The van der Waals surface area contributed by atoms with Crippen LogP contribution in [0.2, 0.25) is 16.6 Å². The van der Waals surface area contributed by atoms with E-state index in [-0.39, 0.29) is 6.04 Å². The van der Waals surface area contributed by atoms with Gasteiger partial charge in [0.05, 0.1) is 6.04 Å². The molecule has 1 saturated carbocycles. The highest BCUT2D eigenvalue weighted by atomic mass is 28.3. The molecule has 0 heterocycles. The van der Waals surface area contributed by atoms with Gasteiger partial charge in [0.25, 0.3) is 0 Å². The second kappa shape index (κ2) is 11.8. The van der Waals surface area contributed by atoms with Crippen molar-refractivity contribution in [2.24, 2.45) is 5.92 Å². The summed E-state index contributed by atoms with van der Waals surface area (Å²) in [5, 5.41) is 4.09. The SMILES string of the molecule is CC(C)c1cccc(C(C)C)c1NC(C#C[Si](C(C)C)(C(C)C)C(C)C)C1CCCCC1. The monoisotopic (exact) mass is 453 g/mol. The number of para-hydroxylation sites is 1. The zero-order valence-corrected chi connectivity index (χ0v) is 23.8. The van der Waals surface area contributed by atoms with Crippen molar-refractivity contribution in [1.29, 1.82) is 0 Å². The fourth-order valence-electron chi connectivity index (χ4n) is 6.25. The van der Waals surface area contributed by atoms with Gasteiger partial charge in [0.1, 0.15) is 8.07 Å². The lowest BCUT2D eigenvalue weighted by Crippen LogP contribution is -2.44. The zero-order chi connectivity index (χ0) is 24.1. The van der Waals surface area contributed by atoms with Crippen molar-refractivity contribution >= 4 is 13.8 Å². The normalized spacial score (nSPS) is 16.7. The molecule has 1 atom stereocenters. The minimum Gasteiger partial charge on any atom is -0.371 e. The number of hydrogen-bond donors (Lipinski definition) is 1. The van der Waals surface area contributed by atoms with Gasteiger partial charge < -0.3 is 5.32 Å². The molecule has 0 radical (unpaired) electrons. The van der Waals surface area contributed by atoms with E-state index in [9.17, 15) is 0 Å². The Balaban J connectivity index is 2.58. The van der Waals surface area contributed by atoms with Gasteiger partial charge in [-0.2, -0.15) is 0 Å². The Labute approximate surface area is 201 Å². The summed E-state index contributed by atoms with van der Waals surface area (Å²) in [6.45, 7) is 23.8. The number of anilines is 1. The summed E-state index contributed by atoms with van der Waals surface area (Å²) in [6.07, 6.45) is 6.72. The van der Waals surface area contributed by atoms with Crippen LogP contribution in [-0.2, 0) is 0 Å². The standard InChI is InChI=1S/C30H51NSi/c1-21(2)27-17-14-18-28(22(3)4)30(27)31-29(26-15-12-11-13-16-26)19-20-32(23(5)6,24(7)8)25(9)10/h14,17-18,21-26,29,31H,11-13,15-16H2,1-10H3. The third kappa shape index (κ3) is 6.02. The molecule has 1 aromatic carbocycles. The van der Waals surface area contributed by atoms with Crippen molar-refractivity contribution in [1.82, 2.24) is 0 Å². The molecular formula is C30H51NSi. The molecule has 2 rings (SSSR count). The Morgan fingerprint density at radius 2 is 1.22 bits per heavy atom. The summed E-state index contributed by atoms with van der Waals surface area (Å²) < 4.78 is 0. The average Bonchev–Trinajstić information content (AvgIpc) is 2.72. The predicted octanol–water partition coefficient (Wildman–Crippen LogP) is 9.52. The fraction of sp³-hybridized carbons (Fsp3) is 0.733. The highest BCUT2D eigenvalue weighted by Gasteiger charge is 2.42. The Morgan fingerprint density at radius 1 is 0.750 bits per heavy atom. The van der Waals surface area contributed by atoms with Crippen molar-refractivity contribution in [3.8, 4) is 11.5 Å². The molecule has 0 aliphatic heterocycles. The van der Waals surface area contributed by atoms with E-state index in [1.165, 1.54) is 48.9 Å². The van der Waals surface area contributed by atoms with E-state index in [0.717, 1.165) is 0 Å². The van der Waals surface area contributed by atoms with Gasteiger partial charge in [-0.3, -0.25) is 0 Å². The molecule has 32 heavy (non-hydrogen) atoms. The summed E-state index contributed by atoms with van der Waals surface area (Å²) in [4.78, 5) is 0. The summed E-state index contributed by atoms with van der Waals surface area (Å²) in [5.41, 5.74) is 10.4. The van der Waals surface area contributed by atoms with E-state index >= 15 is 0 Å². The van der Waals surface area contributed by atoms with Gasteiger partial charge in [-0.1, -0.05) is 113 Å². The number of hydrogen-bond acceptors (Lipinski definition) is 1. The van der Waals surface area contributed by atoms with Crippen LogP contribution in [0.25, 0.3) is 0 Å². The zero-order valence-electron chi connectivity index (χ0n) is 22.8. The van der Waals surface area contributed by atoms with E-state index in [4.69, 9.17) is 0 Å². The Morgan fingerprint density at radius 3 is 1.62 bits per heavy atom. The molecule has 0 aromatic heterocycles. The van der Waals surface area contributed by atoms with Crippen LogP contribution in [0, 0.1) is 17.4 Å². The Bertz CT molecular complexity index is 724. The molecule has 1 nitrogen and oxygen atoms in total. The highest BCUT2D eigenvalue weighted by molar-refractivity contribution is 6.90. The van der Waals surface area contributed by atoms with E-state index < -0.39 is 8.07 Å². The second-order valence-corrected chi connectivity index (χ2v) is 17.4. The molecule has 180 valence electrons. The number of nitrogens with one attached hydrogen (secondary N) is 1. The summed E-state index contributed by atoms with van der Waals surface area (Å²) in [6, 6.07) is 7.14. The van der Waals surface area contributed by atoms with Crippen LogP contribution in [0.1, 0.15) is 124 Å². The lowest BCUT2D eigenvalue weighted by Gasteiger charge is -2.38. The number of rotatable bonds is 8. The Hall–Kier alpha value is -1.20. The maximum absolute atomic E-state index is 4.09. The van der Waals surface area contributed by atoms with Crippen LogP contribution in [0.5, 0.6) is 0 Å². The molecule has 1 aliphatic rings. The molecule has 1 unspecified atom stereocenters. The smallest absolute Gasteiger partial charge is 0.146 e. The van der Waals surface area contributed by atoms with Crippen LogP contribution >= 0.6 is 0 Å². The van der Waals surface area contributed by atoms with Crippen molar-refractivity contribution in [2.45, 2.75) is 136 Å². The Kier molecular flexibility index (Phi) is 9.96. The minimum absolute atomic E-state index is 0.260. The first-order valence-electron chi connectivity index (χ1n) is 13.4. The van der Waals surface area contributed by atoms with Crippen molar-refractivity contribution in [2.75, 3.05) is 5.32 Å². The molecule has 2 heteroatoms. The first kappa shape index (κ1) is 27.0. The molecule has 0 bridgehead atoms. The van der Waals surface area contributed by atoms with Crippen LogP contribution in [0.15, 0.2) is 18.2 Å². The minimum atomic E-state index is -1.74. The molecule has 1 fully saturated rings. The number of benzene rings is 1. The maximum atomic E-state index is 4.09. The van der Waals surface area contributed by atoms with Gasteiger partial charge in [-0.25, -0.2) is 0 Å². The average molecular weight is 454 g/mol. The third-order valence-electron chi connectivity index (χ3n) is 8.10. The molecule has 1 aliphatic carbocycles. The van der Waals surface area contributed by atoms with Crippen LogP contribution in [0.3, 0.4) is 0 Å². The molecule has 0 saturated heterocycles. The van der Waals surface area contributed by atoms with Crippen molar-refractivity contribution in [3.63, 3.8) is 0 Å². The molecule has 1 aromatic rings. The summed E-state index contributed by atoms with van der Waals surface area (Å²) in [5.74, 6) is 5.63. The van der Waals surface area contributed by atoms with Gasteiger partial charge in [0.15, 0.2) is 0 Å². The fourth-order valence-corrected chi connectivity index (χ4v) is 11.5. The first-order valence-corrected chi connectivity index (χ1v) is 15.7. The van der Waals surface area contributed by atoms with Gasteiger partial charge in [-0.15, -0.1) is 5.54 Å². The van der Waals surface area contributed by atoms with Crippen molar-refractivity contribution < 1.29 is 0 Å². The van der Waals surface area contributed by atoms with Gasteiger partial charge >= 0.3 is 0 Å². The maximum Gasteiger partial charge on any atom is 0.146 e. The topological polar surface area (TPSA) is 12.0 Å². The lowest BCUT2D eigenvalue weighted by molar-refractivity contribution is 0.347. The van der Waals surface area contributed by atoms with Gasteiger partial charge in [0, 0.05) is 5.69 Å². The quantitative estimate of drug-likeness (QED) is 0.305. The molecule has 1 N–H and O–H groups in total.